The first-order valence-electron chi connectivity index (χ1n) is 5.99. The Morgan fingerprint density at radius 2 is 1.91 bits per heavy atom. The number of benzene rings is 1. The lowest BCUT2D eigenvalue weighted by molar-refractivity contribution is -0.143. The van der Waals surface area contributed by atoms with Crippen molar-refractivity contribution < 1.29 is 23.1 Å². The van der Waals surface area contributed by atoms with Crippen molar-refractivity contribution in [2.24, 2.45) is 0 Å². The van der Waals surface area contributed by atoms with Gasteiger partial charge >= 0.3 is 12.1 Å². The predicted octanol–water partition coefficient (Wildman–Crippen LogP) is 2.53. The van der Waals surface area contributed by atoms with Gasteiger partial charge in [0.25, 0.3) is 0 Å². The second-order valence-corrected chi connectivity index (χ2v) is 4.38. The molecule has 0 unspecified atom stereocenters. The van der Waals surface area contributed by atoms with Gasteiger partial charge in [-0.15, -0.1) is 5.10 Å². The van der Waals surface area contributed by atoms with Crippen molar-refractivity contribution in [2.75, 3.05) is 0 Å². The molecule has 0 saturated carbocycles. The molecule has 0 aliphatic heterocycles. The molecule has 0 aliphatic carbocycles. The Kier molecular flexibility index (Phi) is 3.05. The number of halogens is 3. The number of fused-ring (bicyclic) bond motifs is 1. The van der Waals surface area contributed by atoms with E-state index in [4.69, 9.17) is 5.11 Å². The van der Waals surface area contributed by atoms with E-state index >= 15 is 0 Å². The number of aromatic carboxylic acids is 1. The lowest BCUT2D eigenvalue weighted by Crippen LogP contribution is -2.18. The van der Waals surface area contributed by atoms with E-state index in [0.29, 0.717) is 21.7 Å². The minimum atomic E-state index is -4.90. The third-order valence-corrected chi connectivity index (χ3v) is 3.02. The first-order valence-corrected chi connectivity index (χ1v) is 5.99. The summed E-state index contributed by atoms with van der Waals surface area (Å²) >= 11 is 0. The van der Waals surface area contributed by atoms with Gasteiger partial charge in [-0.1, -0.05) is 24.3 Å². The lowest BCUT2D eigenvalue weighted by Gasteiger charge is -2.11. The summed E-state index contributed by atoms with van der Waals surface area (Å²) in [7, 11) is 0. The topological polar surface area (TPSA) is 80.9 Å². The van der Waals surface area contributed by atoms with Gasteiger partial charge in [-0.2, -0.15) is 23.4 Å². The highest BCUT2D eigenvalue weighted by Crippen LogP contribution is 2.34. The van der Waals surface area contributed by atoms with Crippen LogP contribution in [0.4, 0.5) is 13.2 Å². The molecule has 2 aromatic heterocycles. The van der Waals surface area contributed by atoms with E-state index in [2.05, 4.69) is 15.3 Å². The highest BCUT2D eigenvalue weighted by Gasteiger charge is 2.41. The molecule has 9 heteroatoms. The molecule has 0 spiro atoms. The highest BCUT2D eigenvalue weighted by molar-refractivity contribution is 5.90. The largest absolute Gasteiger partial charge is 0.478 e. The molecule has 2 heterocycles. The molecular formula is C13H7F3N4O2. The minimum Gasteiger partial charge on any atom is -0.478 e. The van der Waals surface area contributed by atoms with Crippen molar-refractivity contribution >= 4 is 16.7 Å². The summed E-state index contributed by atoms with van der Waals surface area (Å²) in [5.41, 5.74) is -2.34. The third-order valence-electron chi connectivity index (χ3n) is 3.02. The Balaban J connectivity index is 2.35. The molecule has 0 atom stereocenters. The van der Waals surface area contributed by atoms with Gasteiger partial charge in [0.15, 0.2) is 11.5 Å². The Morgan fingerprint density at radius 3 is 2.59 bits per heavy atom. The van der Waals surface area contributed by atoms with Gasteiger partial charge in [0.05, 0.1) is 12.4 Å². The molecule has 1 aromatic carbocycles. The van der Waals surface area contributed by atoms with E-state index in [1.807, 2.05) is 0 Å². The van der Waals surface area contributed by atoms with Crippen molar-refractivity contribution in [1.82, 2.24) is 20.0 Å². The van der Waals surface area contributed by atoms with Crippen LogP contribution in [0.1, 0.15) is 16.1 Å². The molecule has 0 saturated heterocycles. The van der Waals surface area contributed by atoms with Crippen LogP contribution in [0.25, 0.3) is 16.6 Å². The normalized spacial score (nSPS) is 11.8. The molecule has 0 bridgehead atoms. The number of carbonyl (C=O) groups is 1. The Labute approximate surface area is 120 Å². The van der Waals surface area contributed by atoms with E-state index in [0.717, 1.165) is 0 Å². The van der Waals surface area contributed by atoms with Gasteiger partial charge in [0.1, 0.15) is 5.56 Å². The molecule has 112 valence electrons. The smallest absolute Gasteiger partial charge is 0.434 e. The van der Waals surface area contributed by atoms with Crippen LogP contribution in [0.3, 0.4) is 0 Å². The second-order valence-electron chi connectivity index (χ2n) is 4.38. The molecule has 22 heavy (non-hydrogen) atoms. The molecule has 6 nitrogen and oxygen atoms in total. The summed E-state index contributed by atoms with van der Waals surface area (Å²) in [5.74, 6) is -1.90. The zero-order chi connectivity index (χ0) is 15.9. The molecule has 3 aromatic rings. The Morgan fingerprint density at radius 1 is 1.18 bits per heavy atom. The highest BCUT2D eigenvalue weighted by atomic mass is 19.4. The van der Waals surface area contributed by atoms with Gasteiger partial charge in [-0.3, -0.25) is 0 Å². The molecular weight excluding hydrogens is 301 g/mol. The fraction of sp³-hybridized carbons (Fsp3) is 0.0769. The summed E-state index contributed by atoms with van der Waals surface area (Å²) in [4.78, 5) is 11.0. The summed E-state index contributed by atoms with van der Waals surface area (Å²) < 4.78 is 40.1. The van der Waals surface area contributed by atoms with Crippen LogP contribution >= 0.6 is 0 Å². The van der Waals surface area contributed by atoms with Gasteiger partial charge < -0.3 is 5.11 Å². The number of rotatable bonds is 2. The number of carboxylic acid groups (broad SMARTS) is 1. The maximum atomic E-state index is 13.2. The van der Waals surface area contributed by atoms with E-state index in [1.54, 1.807) is 24.3 Å². The minimum absolute atomic E-state index is 0.182. The number of carboxylic acids is 1. The van der Waals surface area contributed by atoms with Crippen molar-refractivity contribution in [2.45, 2.75) is 6.18 Å². The van der Waals surface area contributed by atoms with Gasteiger partial charge in [0, 0.05) is 10.8 Å². The average Bonchev–Trinajstić information content (AvgIpc) is 2.91. The first kappa shape index (κ1) is 14.0. The molecule has 3 rings (SSSR count). The fourth-order valence-electron chi connectivity index (χ4n) is 2.11. The molecule has 0 fully saturated rings. The first-order chi connectivity index (χ1) is 10.4. The number of hydrogen-bond donors (Lipinski definition) is 1. The summed E-state index contributed by atoms with van der Waals surface area (Å²) in [6.07, 6.45) is -2.86. The predicted molar refractivity (Wildman–Crippen MR) is 68.6 cm³/mol. The number of nitrogens with zero attached hydrogens (tertiary/aromatic N) is 4. The third kappa shape index (κ3) is 2.16. The van der Waals surface area contributed by atoms with Crippen molar-refractivity contribution in [3.05, 3.63) is 47.9 Å². The van der Waals surface area contributed by atoms with Crippen molar-refractivity contribution in [3.63, 3.8) is 0 Å². The lowest BCUT2D eigenvalue weighted by atomic mass is 10.2. The van der Waals surface area contributed by atoms with E-state index in [9.17, 15) is 18.0 Å². The van der Waals surface area contributed by atoms with Crippen LogP contribution in [-0.2, 0) is 6.18 Å². The van der Waals surface area contributed by atoms with Crippen molar-refractivity contribution in [3.8, 4) is 5.82 Å². The van der Waals surface area contributed by atoms with E-state index in [1.165, 1.54) is 6.20 Å². The fourth-order valence-corrected chi connectivity index (χ4v) is 2.11. The van der Waals surface area contributed by atoms with Crippen LogP contribution in [0, 0.1) is 0 Å². The van der Waals surface area contributed by atoms with Crippen LogP contribution < -0.4 is 0 Å². The van der Waals surface area contributed by atoms with Gasteiger partial charge in [-0.25, -0.2) is 9.48 Å². The molecule has 0 amide bonds. The second kappa shape index (κ2) is 4.79. The van der Waals surface area contributed by atoms with Crippen LogP contribution in [0.15, 0.2) is 36.7 Å². The van der Waals surface area contributed by atoms with Gasteiger partial charge in [-0.05, 0) is 0 Å². The zero-order valence-electron chi connectivity index (χ0n) is 10.7. The van der Waals surface area contributed by atoms with Gasteiger partial charge in [0.2, 0.25) is 0 Å². The van der Waals surface area contributed by atoms with Crippen molar-refractivity contribution in [1.29, 1.82) is 0 Å². The Bertz CT molecular complexity index is 868. The van der Waals surface area contributed by atoms with Crippen LogP contribution in [0.2, 0.25) is 0 Å². The van der Waals surface area contributed by atoms with Crippen LogP contribution in [-0.4, -0.2) is 31.1 Å². The van der Waals surface area contributed by atoms with Crippen LogP contribution in [0.5, 0.6) is 0 Å². The maximum Gasteiger partial charge on any atom is 0.434 e. The SMILES string of the molecule is O=C(O)c1cnn(-c2nncc3ccccc23)c1C(F)(F)F. The molecule has 0 radical (unpaired) electrons. The Hall–Kier alpha value is -2.97. The monoisotopic (exact) mass is 308 g/mol. The number of aromatic nitrogens is 4. The maximum absolute atomic E-state index is 13.2. The number of hydrogen-bond acceptors (Lipinski definition) is 4. The van der Waals surface area contributed by atoms with E-state index < -0.39 is 23.4 Å². The molecule has 1 N–H and O–H groups in total. The quantitative estimate of drug-likeness (QED) is 0.787. The molecule has 0 aliphatic rings. The number of alkyl halides is 3. The standard InChI is InChI=1S/C13H7F3N4O2/c14-13(15,16)10-9(12(21)22)6-18-20(10)11-8-4-2-1-3-7(8)5-17-19-11/h1-6H,(H,21,22). The summed E-state index contributed by atoms with van der Waals surface area (Å²) in [6, 6.07) is 6.54. The average molecular weight is 308 g/mol. The zero-order valence-corrected chi connectivity index (χ0v) is 10.7. The summed E-state index contributed by atoms with van der Waals surface area (Å²) in [5, 5.41) is 20.7. The summed E-state index contributed by atoms with van der Waals surface area (Å²) in [6.45, 7) is 0. The van der Waals surface area contributed by atoms with E-state index in [-0.39, 0.29) is 5.82 Å².